The number of fused-ring (bicyclic) bond motifs is 6. The van der Waals surface area contributed by atoms with Crippen LogP contribution < -0.4 is 9.47 Å². The average Bonchev–Trinajstić information content (AvgIpc) is 3.31. The van der Waals surface area contributed by atoms with Gasteiger partial charge in [0, 0.05) is 21.5 Å². The van der Waals surface area contributed by atoms with Gasteiger partial charge in [-0.3, -0.25) is 0 Å². The zero-order valence-electron chi connectivity index (χ0n) is 16.7. The molecule has 0 unspecified atom stereocenters. The van der Waals surface area contributed by atoms with Gasteiger partial charge in [0.05, 0.1) is 14.2 Å². The van der Waals surface area contributed by atoms with Crippen molar-refractivity contribution >= 4 is 43.9 Å². The van der Waals surface area contributed by atoms with Crippen LogP contribution >= 0.6 is 0 Å². The van der Waals surface area contributed by atoms with Crippen molar-refractivity contribution in [3.05, 3.63) is 61.7 Å². The Labute approximate surface area is 163 Å². The number of methoxy groups -OCH3 is 2. The minimum Gasteiger partial charge on any atom is -0.497 e. The maximum absolute atomic E-state index is 6.01. The highest BCUT2D eigenvalue weighted by Crippen LogP contribution is 2.38. The molecule has 0 bridgehead atoms. The van der Waals surface area contributed by atoms with Gasteiger partial charge >= 0.3 is 0 Å². The average molecular weight is 376 g/mol. The molecule has 5 rings (SSSR count). The lowest BCUT2D eigenvalue weighted by Crippen LogP contribution is -1.80. The molecule has 0 fully saturated rings. The second-order valence-electron chi connectivity index (χ2n) is 5.77. The van der Waals surface area contributed by atoms with E-state index in [1.807, 2.05) is 62.4 Å². The van der Waals surface area contributed by atoms with Gasteiger partial charge in [0.1, 0.15) is 33.8 Å². The van der Waals surface area contributed by atoms with E-state index >= 15 is 0 Å². The van der Waals surface area contributed by atoms with Crippen LogP contribution in [0.25, 0.3) is 43.9 Å². The molecule has 144 valence electrons. The number of hydrogen-bond acceptors (Lipinski definition) is 4. The third-order valence-electron chi connectivity index (χ3n) is 4.48. The van der Waals surface area contributed by atoms with Gasteiger partial charge < -0.3 is 18.3 Å². The minimum atomic E-state index is 0.805. The van der Waals surface area contributed by atoms with E-state index in [-0.39, 0.29) is 0 Å². The molecule has 3 aromatic carbocycles. The number of benzene rings is 3. The SMILES string of the molecule is C=C.CC.COc1ccc2oc3cc4c(cc3c2c1)oc1ccc(OC)cc14. The lowest BCUT2D eigenvalue weighted by Gasteiger charge is -1.98. The van der Waals surface area contributed by atoms with Crippen molar-refractivity contribution in [2.75, 3.05) is 14.2 Å². The molecule has 0 aliphatic heterocycles. The summed E-state index contributed by atoms with van der Waals surface area (Å²) >= 11 is 0. The summed E-state index contributed by atoms with van der Waals surface area (Å²) in [7, 11) is 3.32. The van der Waals surface area contributed by atoms with Gasteiger partial charge in [-0.15, -0.1) is 13.2 Å². The summed E-state index contributed by atoms with van der Waals surface area (Å²) in [6.45, 7) is 10.0. The molecule has 5 aromatic rings. The van der Waals surface area contributed by atoms with E-state index in [9.17, 15) is 0 Å². The molecule has 2 aromatic heterocycles. The highest BCUT2D eigenvalue weighted by atomic mass is 16.5. The van der Waals surface area contributed by atoms with Gasteiger partial charge in [-0.25, -0.2) is 0 Å². The van der Waals surface area contributed by atoms with Gasteiger partial charge in [-0.2, -0.15) is 0 Å². The van der Waals surface area contributed by atoms with E-state index in [4.69, 9.17) is 18.3 Å². The molecule has 0 radical (unpaired) electrons. The van der Waals surface area contributed by atoms with Crippen molar-refractivity contribution < 1.29 is 18.3 Å². The quantitative estimate of drug-likeness (QED) is 0.303. The normalized spacial score (nSPS) is 10.4. The maximum Gasteiger partial charge on any atom is 0.136 e. The second-order valence-corrected chi connectivity index (χ2v) is 5.77. The molecule has 4 nitrogen and oxygen atoms in total. The fourth-order valence-electron chi connectivity index (χ4n) is 3.26. The predicted octanol–water partition coefficient (Wildman–Crippen LogP) is 7.33. The minimum absolute atomic E-state index is 0.805. The van der Waals surface area contributed by atoms with E-state index in [0.717, 1.165) is 55.4 Å². The largest absolute Gasteiger partial charge is 0.497 e. The Morgan fingerprint density at radius 3 is 1.29 bits per heavy atom. The lowest BCUT2D eigenvalue weighted by molar-refractivity contribution is 0.415. The van der Waals surface area contributed by atoms with Crippen LogP contribution in [0.3, 0.4) is 0 Å². The van der Waals surface area contributed by atoms with Crippen molar-refractivity contribution in [1.82, 2.24) is 0 Å². The van der Waals surface area contributed by atoms with E-state index in [0.29, 0.717) is 0 Å². The van der Waals surface area contributed by atoms with Gasteiger partial charge in [0.15, 0.2) is 0 Å². The molecular formula is C24H24O4. The van der Waals surface area contributed by atoms with Crippen molar-refractivity contribution in [1.29, 1.82) is 0 Å². The van der Waals surface area contributed by atoms with Crippen LogP contribution in [0.4, 0.5) is 0 Å². The Bertz CT molecular complexity index is 1150. The van der Waals surface area contributed by atoms with Crippen LogP contribution in [-0.4, -0.2) is 14.2 Å². The molecule has 0 saturated carbocycles. The van der Waals surface area contributed by atoms with E-state index < -0.39 is 0 Å². The molecule has 0 atom stereocenters. The standard InChI is InChI=1S/C20H14O4.C2H6.C2H4/c1-21-11-3-5-17-13(7-11)15-9-20-16(10-19(15)23-17)14-8-12(22-2)4-6-18(14)24-20;2*1-2/h3-10H,1-2H3;1-2H3;1-2H2. The maximum atomic E-state index is 6.01. The first kappa shape index (κ1) is 19.4. The van der Waals surface area contributed by atoms with E-state index in [1.165, 1.54) is 0 Å². The zero-order chi connectivity index (χ0) is 20.3. The molecule has 0 N–H and O–H groups in total. The molecule has 0 amide bonds. The highest BCUT2D eigenvalue weighted by Gasteiger charge is 2.14. The summed E-state index contributed by atoms with van der Waals surface area (Å²) in [6.07, 6.45) is 0. The Hall–Kier alpha value is -3.40. The molecule has 4 heteroatoms. The highest BCUT2D eigenvalue weighted by molar-refractivity contribution is 6.15. The van der Waals surface area contributed by atoms with Crippen LogP contribution in [-0.2, 0) is 0 Å². The van der Waals surface area contributed by atoms with Gasteiger partial charge in [-0.05, 0) is 48.5 Å². The Morgan fingerprint density at radius 1 is 0.571 bits per heavy atom. The first-order chi connectivity index (χ1) is 13.8. The number of ether oxygens (including phenoxy) is 2. The number of hydrogen-bond donors (Lipinski definition) is 0. The monoisotopic (exact) mass is 376 g/mol. The molecule has 2 heterocycles. The first-order valence-corrected chi connectivity index (χ1v) is 9.17. The Kier molecular flexibility index (Phi) is 5.59. The van der Waals surface area contributed by atoms with Crippen LogP contribution in [0, 0.1) is 0 Å². The third-order valence-corrected chi connectivity index (χ3v) is 4.48. The Morgan fingerprint density at radius 2 is 0.929 bits per heavy atom. The fraction of sp³-hybridized carbons (Fsp3) is 0.167. The van der Waals surface area contributed by atoms with Crippen LogP contribution in [0.2, 0.25) is 0 Å². The molecule has 28 heavy (non-hydrogen) atoms. The smallest absolute Gasteiger partial charge is 0.136 e. The van der Waals surface area contributed by atoms with Crippen LogP contribution in [0.1, 0.15) is 13.8 Å². The molecular weight excluding hydrogens is 352 g/mol. The topological polar surface area (TPSA) is 44.7 Å². The van der Waals surface area contributed by atoms with Gasteiger partial charge in [0.25, 0.3) is 0 Å². The van der Waals surface area contributed by atoms with Crippen molar-refractivity contribution in [3.63, 3.8) is 0 Å². The van der Waals surface area contributed by atoms with E-state index in [1.54, 1.807) is 14.2 Å². The zero-order valence-corrected chi connectivity index (χ0v) is 16.7. The summed E-state index contributed by atoms with van der Waals surface area (Å²) in [5.41, 5.74) is 3.33. The fourth-order valence-corrected chi connectivity index (χ4v) is 3.26. The summed E-state index contributed by atoms with van der Waals surface area (Å²) in [5.74, 6) is 1.61. The number of furan rings is 2. The summed E-state index contributed by atoms with van der Waals surface area (Å²) in [4.78, 5) is 0. The van der Waals surface area contributed by atoms with Crippen molar-refractivity contribution in [2.45, 2.75) is 13.8 Å². The first-order valence-electron chi connectivity index (χ1n) is 9.17. The predicted molar refractivity (Wildman–Crippen MR) is 117 cm³/mol. The van der Waals surface area contributed by atoms with Gasteiger partial charge in [-0.1, -0.05) is 13.8 Å². The number of rotatable bonds is 2. The van der Waals surface area contributed by atoms with Gasteiger partial charge in [0.2, 0.25) is 0 Å². The Balaban J connectivity index is 0.000000531. The van der Waals surface area contributed by atoms with Crippen LogP contribution in [0.5, 0.6) is 11.5 Å². The summed E-state index contributed by atoms with van der Waals surface area (Å²) in [5, 5.41) is 4.07. The molecule has 0 saturated heterocycles. The lowest BCUT2D eigenvalue weighted by atomic mass is 10.1. The van der Waals surface area contributed by atoms with Crippen molar-refractivity contribution in [3.8, 4) is 11.5 Å². The second kappa shape index (κ2) is 8.09. The third kappa shape index (κ3) is 3.07. The van der Waals surface area contributed by atoms with E-state index in [2.05, 4.69) is 13.2 Å². The van der Waals surface area contributed by atoms with Crippen LogP contribution in [0.15, 0.2) is 70.5 Å². The molecule has 0 aliphatic rings. The molecule has 0 aliphatic carbocycles. The summed E-state index contributed by atoms with van der Waals surface area (Å²) in [6, 6.07) is 15.7. The molecule has 0 spiro atoms. The summed E-state index contributed by atoms with van der Waals surface area (Å²) < 4.78 is 22.7. The van der Waals surface area contributed by atoms with Crippen molar-refractivity contribution in [2.24, 2.45) is 0 Å².